The van der Waals surface area contributed by atoms with Crippen LogP contribution in [0.1, 0.15) is 33.6 Å². The molecule has 13 heavy (non-hydrogen) atoms. The first-order chi connectivity index (χ1) is 6.02. The number of hydrogen-bond acceptors (Lipinski definition) is 3. The van der Waals surface area contributed by atoms with E-state index in [4.69, 9.17) is 5.11 Å². The third-order valence-electron chi connectivity index (χ3n) is 2.03. The zero-order valence-corrected chi connectivity index (χ0v) is 9.01. The minimum atomic E-state index is -0.250. The van der Waals surface area contributed by atoms with E-state index in [1.165, 1.54) is 0 Å². The van der Waals surface area contributed by atoms with E-state index in [1.54, 1.807) is 0 Å². The van der Waals surface area contributed by atoms with Crippen molar-refractivity contribution in [1.29, 1.82) is 0 Å². The van der Waals surface area contributed by atoms with E-state index >= 15 is 0 Å². The lowest BCUT2D eigenvalue weighted by Gasteiger charge is -2.22. The van der Waals surface area contributed by atoms with E-state index in [2.05, 4.69) is 12.2 Å². The maximum Gasteiger partial charge on any atom is 0.0664 e. The Morgan fingerprint density at radius 3 is 2.46 bits per heavy atom. The fourth-order valence-electron chi connectivity index (χ4n) is 1.07. The molecule has 0 amide bonds. The molecule has 3 N–H and O–H groups in total. The lowest BCUT2D eigenvalue weighted by Crippen LogP contribution is -2.36. The topological polar surface area (TPSA) is 52.5 Å². The number of hydrogen-bond donors (Lipinski definition) is 3. The molecule has 3 nitrogen and oxygen atoms in total. The molecule has 3 heteroatoms. The Kier molecular flexibility index (Phi) is 6.29. The smallest absolute Gasteiger partial charge is 0.0664 e. The van der Waals surface area contributed by atoms with Crippen LogP contribution in [0.3, 0.4) is 0 Å². The van der Waals surface area contributed by atoms with Gasteiger partial charge in [0.2, 0.25) is 0 Å². The van der Waals surface area contributed by atoms with Gasteiger partial charge in [-0.05, 0) is 6.42 Å². The molecule has 0 rings (SSSR count). The van der Waals surface area contributed by atoms with Gasteiger partial charge in [0.1, 0.15) is 0 Å². The van der Waals surface area contributed by atoms with Crippen molar-refractivity contribution in [1.82, 2.24) is 5.32 Å². The Morgan fingerprint density at radius 2 is 2.00 bits per heavy atom. The quantitative estimate of drug-likeness (QED) is 0.554. The summed E-state index contributed by atoms with van der Waals surface area (Å²) in [6, 6.07) is 0. The van der Waals surface area contributed by atoms with Crippen molar-refractivity contribution < 1.29 is 10.2 Å². The summed E-state index contributed by atoms with van der Waals surface area (Å²) in [6.45, 7) is 7.57. The highest BCUT2D eigenvalue weighted by Crippen LogP contribution is 2.11. The van der Waals surface area contributed by atoms with Gasteiger partial charge >= 0.3 is 0 Å². The maximum atomic E-state index is 9.39. The predicted octanol–water partition coefficient (Wildman–Crippen LogP) is 0.756. The van der Waals surface area contributed by atoms with Gasteiger partial charge in [0.25, 0.3) is 0 Å². The van der Waals surface area contributed by atoms with Crippen LogP contribution in [-0.2, 0) is 0 Å². The summed E-state index contributed by atoms with van der Waals surface area (Å²) in [5.41, 5.74) is -0.0913. The Morgan fingerprint density at radius 1 is 1.38 bits per heavy atom. The standard InChI is InChI=1S/C10H23NO2/c1-4-5-9(13)6-11-7-10(2,3)8-12/h9,11-13H,4-8H2,1-3H3. The minimum Gasteiger partial charge on any atom is -0.396 e. The molecule has 0 saturated carbocycles. The van der Waals surface area contributed by atoms with E-state index in [1.807, 2.05) is 13.8 Å². The zero-order chi connectivity index (χ0) is 10.3. The van der Waals surface area contributed by atoms with E-state index in [9.17, 15) is 5.11 Å². The van der Waals surface area contributed by atoms with Crippen LogP contribution in [0.15, 0.2) is 0 Å². The Labute approximate surface area is 81.2 Å². The highest BCUT2D eigenvalue weighted by molar-refractivity contribution is 4.71. The normalized spacial score (nSPS) is 14.5. The molecule has 0 aromatic carbocycles. The third-order valence-corrected chi connectivity index (χ3v) is 2.03. The highest BCUT2D eigenvalue weighted by atomic mass is 16.3. The molecule has 80 valence electrons. The SMILES string of the molecule is CCCC(O)CNCC(C)(C)CO. The van der Waals surface area contributed by atoms with Crippen LogP contribution in [0.25, 0.3) is 0 Å². The van der Waals surface area contributed by atoms with Crippen LogP contribution < -0.4 is 5.32 Å². The maximum absolute atomic E-state index is 9.39. The fourth-order valence-corrected chi connectivity index (χ4v) is 1.07. The molecule has 0 aliphatic carbocycles. The van der Waals surface area contributed by atoms with Gasteiger partial charge in [0.05, 0.1) is 6.10 Å². The van der Waals surface area contributed by atoms with Crippen molar-refractivity contribution in [2.75, 3.05) is 19.7 Å². The molecule has 1 unspecified atom stereocenters. The summed E-state index contributed by atoms with van der Waals surface area (Å²) in [7, 11) is 0. The molecule has 0 aromatic heterocycles. The molecular weight excluding hydrogens is 166 g/mol. The first-order valence-corrected chi connectivity index (χ1v) is 5.01. The summed E-state index contributed by atoms with van der Waals surface area (Å²) in [4.78, 5) is 0. The molecule has 0 aliphatic heterocycles. The predicted molar refractivity (Wildman–Crippen MR) is 54.7 cm³/mol. The Hall–Kier alpha value is -0.120. The van der Waals surface area contributed by atoms with Crippen LogP contribution >= 0.6 is 0 Å². The van der Waals surface area contributed by atoms with Crippen LogP contribution in [-0.4, -0.2) is 36.0 Å². The number of aliphatic hydroxyl groups excluding tert-OH is 2. The van der Waals surface area contributed by atoms with Crippen molar-refractivity contribution in [3.05, 3.63) is 0 Å². The molecule has 0 fully saturated rings. The van der Waals surface area contributed by atoms with Gasteiger partial charge in [-0.1, -0.05) is 27.2 Å². The van der Waals surface area contributed by atoms with Crippen molar-refractivity contribution in [2.45, 2.75) is 39.7 Å². The Balaban J connectivity index is 3.44. The van der Waals surface area contributed by atoms with E-state index in [0.717, 1.165) is 19.4 Å². The van der Waals surface area contributed by atoms with Gasteiger partial charge < -0.3 is 15.5 Å². The molecule has 0 aromatic rings. The van der Waals surface area contributed by atoms with Gasteiger partial charge in [-0.2, -0.15) is 0 Å². The van der Waals surface area contributed by atoms with E-state index in [0.29, 0.717) is 6.54 Å². The molecule has 0 aliphatic rings. The largest absolute Gasteiger partial charge is 0.396 e. The van der Waals surface area contributed by atoms with Crippen molar-refractivity contribution in [3.63, 3.8) is 0 Å². The molecule has 1 atom stereocenters. The van der Waals surface area contributed by atoms with Gasteiger partial charge in [0.15, 0.2) is 0 Å². The van der Waals surface area contributed by atoms with Crippen LogP contribution in [0, 0.1) is 5.41 Å². The monoisotopic (exact) mass is 189 g/mol. The summed E-state index contributed by atoms with van der Waals surface area (Å²) in [6.07, 6.45) is 1.60. The van der Waals surface area contributed by atoms with E-state index < -0.39 is 0 Å². The van der Waals surface area contributed by atoms with Crippen molar-refractivity contribution in [3.8, 4) is 0 Å². The third kappa shape index (κ3) is 6.99. The zero-order valence-electron chi connectivity index (χ0n) is 9.01. The summed E-state index contributed by atoms with van der Waals surface area (Å²) in [5, 5.41) is 21.5. The molecule has 0 spiro atoms. The summed E-state index contributed by atoms with van der Waals surface area (Å²) in [5.74, 6) is 0. The van der Waals surface area contributed by atoms with Gasteiger partial charge in [-0.25, -0.2) is 0 Å². The summed E-state index contributed by atoms with van der Waals surface area (Å²) < 4.78 is 0. The molecule has 0 heterocycles. The number of nitrogens with one attached hydrogen (secondary N) is 1. The molecular formula is C10H23NO2. The second kappa shape index (κ2) is 6.35. The first-order valence-electron chi connectivity index (χ1n) is 5.01. The second-order valence-corrected chi connectivity index (χ2v) is 4.40. The minimum absolute atomic E-state index is 0.0913. The van der Waals surface area contributed by atoms with Crippen molar-refractivity contribution >= 4 is 0 Å². The second-order valence-electron chi connectivity index (χ2n) is 4.40. The average molecular weight is 189 g/mol. The number of rotatable bonds is 7. The highest BCUT2D eigenvalue weighted by Gasteiger charge is 2.15. The molecule has 0 bridgehead atoms. The lowest BCUT2D eigenvalue weighted by atomic mass is 9.95. The molecule has 0 radical (unpaired) electrons. The lowest BCUT2D eigenvalue weighted by molar-refractivity contribution is 0.133. The van der Waals surface area contributed by atoms with Crippen molar-refractivity contribution in [2.24, 2.45) is 5.41 Å². The van der Waals surface area contributed by atoms with Gasteiger partial charge in [0, 0.05) is 25.1 Å². The van der Waals surface area contributed by atoms with Crippen LogP contribution in [0.4, 0.5) is 0 Å². The van der Waals surface area contributed by atoms with Gasteiger partial charge in [-0.3, -0.25) is 0 Å². The van der Waals surface area contributed by atoms with Gasteiger partial charge in [-0.15, -0.1) is 0 Å². The first kappa shape index (κ1) is 12.9. The molecule has 0 saturated heterocycles. The van der Waals surface area contributed by atoms with Crippen LogP contribution in [0.5, 0.6) is 0 Å². The van der Waals surface area contributed by atoms with E-state index in [-0.39, 0.29) is 18.1 Å². The average Bonchev–Trinajstić information content (AvgIpc) is 2.05. The Bertz CT molecular complexity index is 126. The summed E-state index contributed by atoms with van der Waals surface area (Å²) >= 11 is 0. The fraction of sp³-hybridized carbons (Fsp3) is 1.00. The number of aliphatic hydroxyl groups is 2. The van der Waals surface area contributed by atoms with Crippen LogP contribution in [0.2, 0.25) is 0 Å².